The Morgan fingerprint density at radius 1 is 1.47 bits per heavy atom. The minimum Gasteiger partial charge on any atom is -0.465 e. The number of esters is 1. The first-order valence-electron chi connectivity index (χ1n) is 6.31. The molecule has 0 aromatic carbocycles. The minimum atomic E-state index is -0.606. The summed E-state index contributed by atoms with van der Waals surface area (Å²) < 4.78 is 10.3. The normalized spacial score (nSPS) is 22.8. The third-order valence-electron chi connectivity index (χ3n) is 3.66. The second-order valence-corrected chi connectivity index (χ2v) is 4.54. The van der Waals surface area contributed by atoms with Crippen molar-refractivity contribution >= 4 is 5.97 Å². The molecule has 0 amide bonds. The van der Waals surface area contributed by atoms with E-state index in [-0.39, 0.29) is 11.5 Å². The maximum atomic E-state index is 11.8. The summed E-state index contributed by atoms with van der Waals surface area (Å²) >= 11 is 0. The molecule has 0 saturated carbocycles. The van der Waals surface area contributed by atoms with Gasteiger partial charge < -0.3 is 15.2 Å². The van der Waals surface area contributed by atoms with Crippen LogP contribution in [0.4, 0.5) is 0 Å². The molecular formula is C12H24N2O3. The van der Waals surface area contributed by atoms with Crippen LogP contribution in [0.2, 0.25) is 0 Å². The summed E-state index contributed by atoms with van der Waals surface area (Å²) in [4.78, 5) is 14.0. The number of carbonyl (C=O) groups is 1. The van der Waals surface area contributed by atoms with E-state index < -0.39 is 6.04 Å². The average molecular weight is 244 g/mol. The van der Waals surface area contributed by atoms with Crippen LogP contribution >= 0.6 is 0 Å². The largest absolute Gasteiger partial charge is 0.465 e. The summed E-state index contributed by atoms with van der Waals surface area (Å²) in [5.41, 5.74) is 5.71. The van der Waals surface area contributed by atoms with E-state index in [1.54, 1.807) is 6.92 Å². The van der Waals surface area contributed by atoms with E-state index in [2.05, 4.69) is 11.8 Å². The molecule has 0 radical (unpaired) electrons. The Hall–Kier alpha value is -0.650. The van der Waals surface area contributed by atoms with Gasteiger partial charge in [0.1, 0.15) is 6.04 Å². The van der Waals surface area contributed by atoms with Crippen molar-refractivity contribution in [1.29, 1.82) is 0 Å². The average Bonchev–Trinajstić information content (AvgIpc) is 2.38. The number of carbonyl (C=O) groups excluding carboxylic acids is 1. The maximum Gasteiger partial charge on any atom is 0.324 e. The molecule has 1 rings (SSSR count). The molecule has 0 spiro atoms. The van der Waals surface area contributed by atoms with Gasteiger partial charge in [0.25, 0.3) is 0 Å². The number of hydrogen-bond donors (Lipinski definition) is 1. The molecule has 1 aliphatic rings. The molecule has 0 bridgehead atoms. The highest BCUT2D eigenvalue weighted by Gasteiger charge is 2.41. The Labute approximate surface area is 103 Å². The van der Waals surface area contributed by atoms with E-state index in [4.69, 9.17) is 15.2 Å². The second kappa shape index (κ2) is 6.33. The molecule has 5 heteroatoms. The van der Waals surface area contributed by atoms with E-state index in [9.17, 15) is 4.79 Å². The molecule has 0 aromatic rings. The minimum absolute atomic E-state index is 0.316. The fourth-order valence-corrected chi connectivity index (χ4v) is 2.20. The van der Waals surface area contributed by atoms with Gasteiger partial charge in [0.2, 0.25) is 0 Å². The summed E-state index contributed by atoms with van der Waals surface area (Å²) in [5, 5.41) is 0. The van der Waals surface area contributed by atoms with Crippen LogP contribution in [0.3, 0.4) is 0 Å². The third-order valence-corrected chi connectivity index (χ3v) is 3.66. The van der Waals surface area contributed by atoms with Gasteiger partial charge in [-0.25, -0.2) is 0 Å². The highest BCUT2D eigenvalue weighted by atomic mass is 16.5. The summed E-state index contributed by atoms with van der Waals surface area (Å²) in [6.45, 7) is 9.28. The Morgan fingerprint density at radius 3 is 2.53 bits per heavy atom. The molecule has 5 nitrogen and oxygen atoms in total. The highest BCUT2D eigenvalue weighted by molar-refractivity contribution is 5.77. The van der Waals surface area contributed by atoms with Crippen molar-refractivity contribution in [3.8, 4) is 0 Å². The zero-order valence-corrected chi connectivity index (χ0v) is 11.1. The number of nitrogens with two attached hydrogens (primary N) is 1. The van der Waals surface area contributed by atoms with Crippen molar-refractivity contribution in [3.63, 3.8) is 0 Å². The first kappa shape index (κ1) is 14.4. The number of hydrogen-bond acceptors (Lipinski definition) is 5. The predicted molar refractivity (Wildman–Crippen MR) is 65.7 cm³/mol. The van der Waals surface area contributed by atoms with Gasteiger partial charge in [0.15, 0.2) is 0 Å². The molecule has 0 unspecified atom stereocenters. The Morgan fingerprint density at radius 2 is 2.06 bits per heavy atom. The van der Waals surface area contributed by atoms with Gasteiger partial charge in [-0.1, -0.05) is 6.92 Å². The molecule has 1 saturated heterocycles. The van der Waals surface area contributed by atoms with Crippen LogP contribution in [0.25, 0.3) is 0 Å². The van der Waals surface area contributed by atoms with Crippen LogP contribution in [-0.2, 0) is 14.3 Å². The molecule has 1 aliphatic heterocycles. The topological polar surface area (TPSA) is 64.8 Å². The van der Waals surface area contributed by atoms with Crippen LogP contribution in [0.1, 0.15) is 27.2 Å². The number of morpholine rings is 1. The lowest BCUT2D eigenvalue weighted by molar-refractivity contribution is -0.150. The number of rotatable bonds is 5. The van der Waals surface area contributed by atoms with Crippen LogP contribution in [-0.4, -0.2) is 55.4 Å². The fourth-order valence-electron chi connectivity index (χ4n) is 2.20. The van der Waals surface area contributed by atoms with Crippen molar-refractivity contribution in [2.75, 3.05) is 32.9 Å². The summed E-state index contributed by atoms with van der Waals surface area (Å²) in [7, 11) is 0. The maximum absolute atomic E-state index is 11.8. The predicted octanol–water partition coefficient (Wildman–Crippen LogP) is 0.378. The highest BCUT2D eigenvalue weighted by Crippen LogP contribution is 2.24. The van der Waals surface area contributed by atoms with E-state index in [0.29, 0.717) is 19.8 Å². The number of nitrogens with zero attached hydrogens (tertiary/aromatic N) is 1. The molecule has 1 fully saturated rings. The first-order chi connectivity index (χ1) is 8.06. The monoisotopic (exact) mass is 244 g/mol. The van der Waals surface area contributed by atoms with Crippen LogP contribution in [0.5, 0.6) is 0 Å². The Bertz CT molecular complexity index is 254. The molecule has 0 aromatic heterocycles. The fraction of sp³-hybridized carbons (Fsp3) is 0.917. The van der Waals surface area contributed by atoms with Crippen LogP contribution in [0, 0.1) is 0 Å². The van der Waals surface area contributed by atoms with Gasteiger partial charge in [0.05, 0.1) is 19.8 Å². The molecule has 0 aliphatic carbocycles. The van der Waals surface area contributed by atoms with Gasteiger partial charge in [0, 0.05) is 18.6 Å². The SMILES string of the molecule is CCOC(=O)[C@H](N)[C@](C)(CC)N1CCOCC1. The van der Waals surface area contributed by atoms with Gasteiger partial charge >= 0.3 is 5.97 Å². The zero-order valence-electron chi connectivity index (χ0n) is 11.1. The zero-order chi connectivity index (χ0) is 12.9. The Balaban J connectivity index is 2.74. The lowest BCUT2D eigenvalue weighted by atomic mass is 9.87. The van der Waals surface area contributed by atoms with Crippen molar-refractivity contribution in [1.82, 2.24) is 4.90 Å². The Kier molecular flexibility index (Phi) is 5.36. The van der Waals surface area contributed by atoms with Crippen molar-refractivity contribution in [2.24, 2.45) is 5.73 Å². The first-order valence-corrected chi connectivity index (χ1v) is 6.31. The van der Waals surface area contributed by atoms with E-state index >= 15 is 0 Å². The van der Waals surface area contributed by atoms with Crippen molar-refractivity contribution in [3.05, 3.63) is 0 Å². The molecule has 2 N–H and O–H groups in total. The molecular weight excluding hydrogens is 220 g/mol. The lowest BCUT2D eigenvalue weighted by Gasteiger charge is -2.45. The number of ether oxygens (including phenoxy) is 2. The summed E-state index contributed by atoms with van der Waals surface area (Å²) in [5.74, 6) is -0.316. The lowest BCUT2D eigenvalue weighted by Crippen LogP contribution is -2.63. The summed E-state index contributed by atoms with van der Waals surface area (Å²) in [6, 6.07) is -0.606. The molecule has 100 valence electrons. The van der Waals surface area contributed by atoms with Crippen molar-refractivity contribution in [2.45, 2.75) is 38.8 Å². The molecule has 17 heavy (non-hydrogen) atoms. The summed E-state index contributed by atoms with van der Waals surface area (Å²) in [6.07, 6.45) is 0.812. The van der Waals surface area contributed by atoms with E-state index in [1.807, 2.05) is 6.92 Å². The van der Waals surface area contributed by atoms with E-state index in [0.717, 1.165) is 19.5 Å². The second-order valence-electron chi connectivity index (χ2n) is 4.54. The molecule has 1 heterocycles. The van der Waals surface area contributed by atoms with Gasteiger partial charge in [-0.15, -0.1) is 0 Å². The van der Waals surface area contributed by atoms with Crippen LogP contribution < -0.4 is 5.73 Å². The molecule has 2 atom stereocenters. The van der Waals surface area contributed by atoms with Gasteiger partial charge in [-0.2, -0.15) is 0 Å². The third kappa shape index (κ3) is 3.18. The smallest absolute Gasteiger partial charge is 0.324 e. The van der Waals surface area contributed by atoms with Gasteiger partial charge in [-0.05, 0) is 20.3 Å². The van der Waals surface area contributed by atoms with Crippen molar-refractivity contribution < 1.29 is 14.3 Å². The standard InChI is InChI=1S/C12H24N2O3/c1-4-12(3,10(13)11(15)17-5-2)14-6-8-16-9-7-14/h10H,4-9,13H2,1-3H3/t10-,12-/m0/s1. The van der Waals surface area contributed by atoms with Crippen LogP contribution in [0.15, 0.2) is 0 Å². The van der Waals surface area contributed by atoms with Gasteiger partial charge in [-0.3, -0.25) is 9.69 Å². The quantitative estimate of drug-likeness (QED) is 0.708. The van der Waals surface area contributed by atoms with E-state index in [1.165, 1.54) is 0 Å².